The maximum atomic E-state index is 12.5. The molecule has 0 atom stereocenters. The smallest absolute Gasteiger partial charge is 0.422 e. The number of carboxylic acids is 1. The Morgan fingerprint density at radius 2 is 1.86 bits per heavy atom. The maximum Gasteiger partial charge on any atom is 0.422 e. The molecule has 1 fully saturated rings. The normalized spacial score (nSPS) is 16.0. The second-order valence-corrected chi connectivity index (χ2v) is 7.57. The molecule has 0 bridgehead atoms. The highest BCUT2D eigenvalue weighted by molar-refractivity contribution is 5.87. The van der Waals surface area contributed by atoms with Gasteiger partial charge in [-0.05, 0) is 45.6 Å². The zero-order valence-electron chi connectivity index (χ0n) is 15.9. The Bertz CT molecular complexity index is 723. The van der Waals surface area contributed by atoms with Crippen LogP contribution in [0.1, 0.15) is 55.5 Å². The zero-order chi connectivity index (χ0) is 21.1. The molecule has 1 aromatic heterocycles. The van der Waals surface area contributed by atoms with E-state index in [1.54, 1.807) is 20.8 Å². The van der Waals surface area contributed by atoms with Crippen molar-refractivity contribution in [1.82, 2.24) is 9.88 Å². The van der Waals surface area contributed by atoms with Crippen LogP contribution in [0.4, 0.5) is 18.0 Å². The van der Waals surface area contributed by atoms with Crippen molar-refractivity contribution in [2.75, 3.05) is 19.7 Å². The molecule has 0 aromatic carbocycles. The highest BCUT2D eigenvalue weighted by atomic mass is 19.4. The first-order valence-electron chi connectivity index (χ1n) is 8.76. The van der Waals surface area contributed by atoms with E-state index in [1.165, 1.54) is 11.0 Å². The van der Waals surface area contributed by atoms with Crippen molar-refractivity contribution in [3.63, 3.8) is 0 Å². The van der Waals surface area contributed by atoms with Crippen LogP contribution >= 0.6 is 0 Å². The van der Waals surface area contributed by atoms with Crippen LogP contribution in [0.15, 0.2) is 12.3 Å². The summed E-state index contributed by atoms with van der Waals surface area (Å²) in [4.78, 5) is 28.6. The fourth-order valence-corrected chi connectivity index (χ4v) is 2.85. The lowest BCUT2D eigenvalue weighted by Gasteiger charge is -2.34. The number of alkyl halides is 3. The molecular weight excluding hydrogens is 381 g/mol. The number of ether oxygens (including phenoxy) is 2. The minimum absolute atomic E-state index is 0.135. The first-order valence-corrected chi connectivity index (χ1v) is 8.76. The van der Waals surface area contributed by atoms with Crippen molar-refractivity contribution < 1.29 is 37.3 Å². The fourth-order valence-electron chi connectivity index (χ4n) is 2.85. The molecule has 0 spiro atoms. The molecule has 10 heteroatoms. The lowest BCUT2D eigenvalue weighted by molar-refractivity contribution is -0.154. The summed E-state index contributed by atoms with van der Waals surface area (Å²) < 4.78 is 47.6. The van der Waals surface area contributed by atoms with Crippen LogP contribution in [-0.4, -0.2) is 58.5 Å². The Kier molecular flexibility index (Phi) is 6.41. The molecule has 1 aliphatic heterocycles. The quantitative estimate of drug-likeness (QED) is 0.820. The van der Waals surface area contributed by atoms with Gasteiger partial charge in [0.15, 0.2) is 6.61 Å². The minimum atomic E-state index is -4.54. The Morgan fingerprint density at radius 1 is 1.25 bits per heavy atom. The number of carbonyl (C=O) groups is 2. The van der Waals surface area contributed by atoms with Gasteiger partial charge in [0.1, 0.15) is 5.60 Å². The molecule has 28 heavy (non-hydrogen) atoms. The lowest BCUT2D eigenvalue weighted by Crippen LogP contribution is -2.41. The van der Waals surface area contributed by atoms with E-state index in [9.17, 15) is 22.8 Å². The second kappa shape index (κ2) is 8.24. The van der Waals surface area contributed by atoms with Gasteiger partial charge in [-0.25, -0.2) is 14.6 Å². The molecule has 0 saturated carbocycles. The van der Waals surface area contributed by atoms with Crippen molar-refractivity contribution in [2.24, 2.45) is 0 Å². The number of aromatic nitrogens is 1. The Hall–Kier alpha value is -2.52. The molecule has 0 radical (unpaired) electrons. The predicted molar refractivity (Wildman–Crippen MR) is 92.5 cm³/mol. The molecule has 1 amide bonds. The summed E-state index contributed by atoms with van der Waals surface area (Å²) in [5.41, 5.74) is -0.469. The van der Waals surface area contributed by atoms with E-state index in [1.807, 2.05) is 0 Å². The SMILES string of the molecule is CC(C)(C)OC(=O)N1CCC(c2cc(C(=O)O)cnc2OCC(F)(F)F)CC1. The summed E-state index contributed by atoms with van der Waals surface area (Å²) in [5.74, 6) is -1.76. The number of pyridine rings is 1. The number of halogens is 3. The first kappa shape index (κ1) is 21.8. The first-order chi connectivity index (χ1) is 12.9. The molecule has 2 heterocycles. The number of carboxylic acid groups (broad SMARTS) is 1. The van der Waals surface area contributed by atoms with Gasteiger partial charge in [-0.2, -0.15) is 13.2 Å². The summed E-state index contributed by atoms with van der Waals surface area (Å²) in [6, 6.07) is 1.29. The molecule has 7 nitrogen and oxygen atoms in total. The fraction of sp³-hybridized carbons (Fsp3) is 0.611. The third kappa shape index (κ3) is 6.28. The van der Waals surface area contributed by atoms with Crippen molar-refractivity contribution in [1.29, 1.82) is 0 Å². The van der Waals surface area contributed by atoms with Crippen LogP contribution in [-0.2, 0) is 4.74 Å². The molecule has 156 valence electrons. The monoisotopic (exact) mass is 404 g/mol. The Balaban J connectivity index is 2.14. The Morgan fingerprint density at radius 3 is 2.36 bits per heavy atom. The van der Waals surface area contributed by atoms with Crippen LogP contribution in [0.2, 0.25) is 0 Å². The number of nitrogens with zero attached hydrogens (tertiary/aromatic N) is 2. The van der Waals surface area contributed by atoms with E-state index in [2.05, 4.69) is 4.98 Å². The van der Waals surface area contributed by atoms with Crippen LogP contribution in [0.5, 0.6) is 5.88 Å². The molecule has 1 aliphatic rings. The van der Waals surface area contributed by atoms with Gasteiger partial charge in [-0.15, -0.1) is 0 Å². The third-order valence-corrected chi connectivity index (χ3v) is 4.08. The topological polar surface area (TPSA) is 89.0 Å². The lowest BCUT2D eigenvalue weighted by atomic mass is 9.89. The van der Waals surface area contributed by atoms with Gasteiger partial charge < -0.3 is 19.5 Å². The van der Waals surface area contributed by atoms with E-state index in [-0.39, 0.29) is 17.4 Å². The maximum absolute atomic E-state index is 12.5. The summed E-state index contributed by atoms with van der Waals surface area (Å²) in [6.07, 6.45) is -3.19. The average Bonchev–Trinajstić information content (AvgIpc) is 2.57. The summed E-state index contributed by atoms with van der Waals surface area (Å²) in [6.45, 7) is 4.41. The van der Waals surface area contributed by atoms with Gasteiger partial charge in [0, 0.05) is 24.8 Å². The number of likely N-dealkylation sites (tertiary alicyclic amines) is 1. The van der Waals surface area contributed by atoms with Crippen LogP contribution in [0.3, 0.4) is 0 Å². The molecule has 0 unspecified atom stereocenters. The van der Waals surface area contributed by atoms with Gasteiger partial charge in [0.2, 0.25) is 5.88 Å². The van der Waals surface area contributed by atoms with Gasteiger partial charge in [-0.3, -0.25) is 0 Å². The average molecular weight is 404 g/mol. The number of carbonyl (C=O) groups excluding carboxylic acids is 1. The Labute approximate surface area is 160 Å². The molecule has 1 N–H and O–H groups in total. The van der Waals surface area contributed by atoms with E-state index >= 15 is 0 Å². The summed E-state index contributed by atoms with van der Waals surface area (Å²) in [5, 5.41) is 9.15. The highest BCUT2D eigenvalue weighted by Crippen LogP contribution is 2.35. The number of amides is 1. The zero-order valence-corrected chi connectivity index (χ0v) is 15.9. The van der Waals surface area contributed by atoms with E-state index in [0.717, 1.165) is 6.20 Å². The summed E-state index contributed by atoms with van der Waals surface area (Å²) >= 11 is 0. The van der Waals surface area contributed by atoms with Gasteiger partial charge in [0.25, 0.3) is 0 Å². The highest BCUT2D eigenvalue weighted by Gasteiger charge is 2.32. The van der Waals surface area contributed by atoms with Gasteiger partial charge in [-0.1, -0.05) is 0 Å². The van der Waals surface area contributed by atoms with E-state index in [4.69, 9.17) is 14.6 Å². The molecule has 1 aromatic rings. The number of hydrogen-bond donors (Lipinski definition) is 1. The summed E-state index contributed by atoms with van der Waals surface area (Å²) in [7, 11) is 0. The molecule has 0 aliphatic carbocycles. The van der Waals surface area contributed by atoms with Crippen molar-refractivity contribution >= 4 is 12.1 Å². The number of rotatable bonds is 4. The standard InChI is InChI=1S/C18H23F3N2O5/c1-17(2,3)28-16(26)23-6-4-11(5-7-23)13-8-12(15(24)25)9-22-14(13)27-10-18(19,20)21/h8-9,11H,4-7,10H2,1-3H3,(H,24,25). The number of hydrogen-bond acceptors (Lipinski definition) is 5. The van der Waals surface area contributed by atoms with Crippen LogP contribution < -0.4 is 4.74 Å². The van der Waals surface area contributed by atoms with Gasteiger partial charge in [0.05, 0.1) is 5.56 Å². The van der Waals surface area contributed by atoms with Gasteiger partial charge >= 0.3 is 18.2 Å². The third-order valence-electron chi connectivity index (χ3n) is 4.08. The van der Waals surface area contributed by atoms with Crippen molar-refractivity contribution in [3.05, 3.63) is 23.4 Å². The number of aromatic carboxylic acids is 1. The van der Waals surface area contributed by atoms with Crippen molar-refractivity contribution in [3.8, 4) is 5.88 Å². The van der Waals surface area contributed by atoms with E-state index < -0.39 is 30.4 Å². The second-order valence-electron chi connectivity index (χ2n) is 7.57. The predicted octanol–water partition coefficient (Wildman–Crippen LogP) is 3.84. The van der Waals surface area contributed by atoms with Crippen molar-refractivity contribution in [2.45, 2.75) is 51.3 Å². The van der Waals surface area contributed by atoms with Crippen LogP contribution in [0.25, 0.3) is 0 Å². The number of piperidine rings is 1. The molecule has 1 saturated heterocycles. The largest absolute Gasteiger partial charge is 0.478 e. The molecular formula is C18H23F3N2O5. The minimum Gasteiger partial charge on any atom is -0.478 e. The van der Waals surface area contributed by atoms with E-state index in [0.29, 0.717) is 31.5 Å². The van der Waals surface area contributed by atoms with Crippen LogP contribution in [0, 0.1) is 0 Å². The molecule has 2 rings (SSSR count).